The Morgan fingerprint density at radius 1 is 1.07 bits per heavy atom. The second-order valence-corrected chi connectivity index (χ2v) is 1.90. The summed E-state index contributed by atoms with van der Waals surface area (Å²) in [6, 6.07) is 0. The molecule has 14 heavy (non-hydrogen) atoms. The summed E-state index contributed by atoms with van der Waals surface area (Å²) in [4.78, 5) is 19.1. The highest BCUT2D eigenvalue weighted by Crippen LogP contribution is 1.77. The number of hydrogen-bond acceptors (Lipinski definition) is 6. The molecule has 8 nitrogen and oxygen atoms in total. The zero-order valence-electron chi connectivity index (χ0n) is 7.21. The van der Waals surface area contributed by atoms with Crippen LogP contribution in [0.4, 0.5) is 0 Å². The Morgan fingerprint density at radius 2 is 1.29 bits per heavy atom. The van der Waals surface area contributed by atoms with E-state index in [1.807, 2.05) is 0 Å². The number of rotatable bonds is 3. The zero-order chi connectivity index (χ0) is 11.8. The summed E-state index contributed by atoms with van der Waals surface area (Å²) in [6.45, 7) is 0. The van der Waals surface area contributed by atoms with E-state index in [0.717, 1.165) is 0 Å². The number of hydrogen-bond donors (Lipinski definition) is 6. The van der Waals surface area contributed by atoms with Crippen LogP contribution in [0.25, 0.3) is 0 Å². The van der Waals surface area contributed by atoms with Gasteiger partial charge in [-0.3, -0.25) is 0 Å². The Morgan fingerprint density at radius 3 is 1.36 bits per heavy atom. The molecular weight excluding hydrogens is 198 g/mol. The third-order valence-corrected chi connectivity index (χ3v) is 0.704. The van der Waals surface area contributed by atoms with Gasteiger partial charge in [-0.05, 0) is 7.05 Å². The van der Waals surface area contributed by atoms with Gasteiger partial charge >= 0.3 is 18.0 Å². The number of carbonyl (C=O) groups is 2. The summed E-state index contributed by atoms with van der Waals surface area (Å²) in [5, 5.41) is 40.9. The predicted octanol–water partition coefficient (Wildman–Crippen LogP) is -2.49. The minimum Gasteiger partial charge on any atom is -0.478 e. The highest BCUT2D eigenvalue weighted by molar-refractivity contribution is 5.89. The minimum atomic E-state index is -2.71. The van der Waals surface area contributed by atoms with Crippen LogP contribution in [0.15, 0.2) is 12.2 Å². The van der Waals surface area contributed by atoms with Gasteiger partial charge in [-0.15, -0.1) is 0 Å². The van der Waals surface area contributed by atoms with Crippen LogP contribution in [0.2, 0.25) is 0 Å². The van der Waals surface area contributed by atoms with E-state index in [4.69, 9.17) is 25.5 Å². The van der Waals surface area contributed by atoms with Gasteiger partial charge in [0.1, 0.15) is 0 Å². The molecule has 0 aliphatic heterocycles. The van der Waals surface area contributed by atoms with Crippen LogP contribution in [0.3, 0.4) is 0 Å². The first kappa shape index (κ1) is 15.0. The lowest BCUT2D eigenvalue weighted by Crippen LogP contribution is -2.41. The van der Waals surface area contributed by atoms with Gasteiger partial charge in [0.25, 0.3) is 0 Å². The summed E-state index contributed by atoms with van der Waals surface area (Å²) in [7, 11) is 1.21. The maximum atomic E-state index is 9.55. The average molecular weight is 209 g/mol. The lowest BCUT2D eigenvalue weighted by Gasteiger charge is -2.09. The summed E-state index contributed by atoms with van der Waals surface area (Å²) in [5.74, 6) is -2.51. The van der Waals surface area contributed by atoms with Gasteiger partial charge in [0.2, 0.25) is 0 Å². The van der Waals surface area contributed by atoms with Crippen LogP contribution in [-0.2, 0) is 9.59 Å². The molecule has 0 saturated carbocycles. The quantitative estimate of drug-likeness (QED) is 0.221. The van der Waals surface area contributed by atoms with Gasteiger partial charge in [0.05, 0.1) is 0 Å². The molecule has 0 heterocycles. The maximum absolute atomic E-state index is 9.55. The SMILES string of the molecule is CNC(O)(O)O.O=C(O)/C=C\C(=O)O. The van der Waals surface area contributed by atoms with E-state index in [1.54, 1.807) is 5.32 Å². The average Bonchev–Trinajstić information content (AvgIpc) is 2.01. The maximum Gasteiger partial charge on any atom is 0.342 e. The van der Waals surface area contributed by atoms with E-state index in [0.29, 0.717) is 12.2 Å². The molecule has 6 N–H and O–H groups in total. The molecule has 0 atom stereocenters. The van der Waals surface area contributed by atoms with Crippen LogP contribution in [0, 0.1) is 0 Å². The molecule has 0 unspecified atom stereocenters. The Hall–Kier alpha value is -1.48. The molecule has 0 spiro atoms. The lowest BCUT2D eigenvalue weighted by atomic mass is 10.5. The molecule has 0 aromatic rings. The van der Waals surface area contributed by atoms with Gasteiger partial charge in [-0.1, -0.05) is 0 Å². The van der Waals surface area contributed by atoms with Gasteiger partial charge in [0.15, 0.2) is 0 Å². The minimum absolute atomic E-state index is 0.558. The second kappa shape index (κ2) is 6.97. The standard InChI is InChI=1S/C4H4O4.C2H7NO3/c5-3(6)1-2-4(7)8;1-3-2(4,5)6/h1-2H,(H,5,6)(H,7,8);3-6H,1H3/b2-1-;. The Kier molecular flexibility index (Phi) is 7.48. The molecule has 0 aliphatic carbocycles. The van der Waals surface area contributed by atoms with Crippen molar-refractivity contribution in [1.82, 2.24) is 5.32 Å². The van der Waals surface area contributed by atoms with Crippen molar-refractivity contribution >= 4 is 11.9 Å². The Bertz CT molecular complexity index is 201. The van der Waals surface area contributed by atoms with Gasteiger partial charge in [-0.25, -0.2) is 14.9 Å². The molecule has 0 aromatic heterocycles. The van der Waals surface area contributed by atoms with Crippen molar-refractivity contribution in [3.63, 3.8) is 0 Å². The molecule has 82 valence electrons. The Labute approximate surface area is 78.7 Å². The smallest absolute Gasteiger partial charge is 0.342 e. The summed E-state index contributed by atoms with van der Waals surface area (Å²) < 4.78 is 0. The van der Waals surface area contributed by atoms with Crippen molar-refractivity contribution in [3.05, 3.63) is 12.2 Å². The van der Waals surface area contributed by atoms with Crippen LogP contribution >= 0.6 is 0 Å². The molecule has 8 heteroatoms. The van der Waals surface area contributed by atoms with Crippen LogP contribution in [0.1, 0.15) is 0 Å². The molecule has 0 aliphatic rings. The van der Waals surface area contributed by atoms with Gasteiger partial charge in [0, 0.05) is 12.2 Å². The van der Waals surface area contributed by atoms with Crippen LogP contribution in [0.5, 0.6) is 0 Å². The van der Waals surface area contributed by atoms with E-state index in [1.165, 1.54) is 7.05 Å². The predicted molar refractivity (Wildman–Crippen MR) is 42.9 cm³/mol. The molecule has 0 rings (SSSR count). The summed E-state index contributed by atoms with van der Waals surface area (Å²) in [6.07, 6.45) is -1.59. The highest BCUT2D eigenvalue weighted by Gasteiger charge is 2.11. The van der Waals surface area contributed by atoms with E-state index >= 15 is 0 Å². The lowest BCUT2D eigenvalue weighted by molar-refractivity contribution is -0.328. The molecule has 0 aromatic carbocycles. The molecule has 0 amide bonds. The fourth-order valence-corrected chi connectivity index (χ4v) is 0.143. The number of aliphatic carboxylic acids is 2. The highest BCUT2D eigenvalue weighted by atomic mass is 16.7. The van der Waals surface area contributed by atoms with E-state index in [9.17, 15) is 9.59 Å². The first-order valence-corrected chi connectivity index (χ1v) is 3.19. The summed E-state index contributed by atoms with van der Waals surface area (Å²) in [5.41, 5.74) is 0. The molecule has 0 bridgehead atoms. The largest absolute Gasteiger partial charge is 0.478 e. The van der Waals surface area contributed by atoms with Crippen molar-refractivity contribution in [1.29, 1.82) is 0 Å². The van der Waals surface area contributed by atoms with Gasteiger partial charge < -0.3 is 25.5 Å². The fraction of sp³-hybridized carbons (Fsp3) is 0.333. The third-order valence-electron chi connectivity index (χ3n) is 0.704. The topological polar surface area (TPSA) is 147 Å². The Balaban J connectivity index is 0. The van der Waals surface area contributed by atoms with Crippen molar-refractivity contribution in [3.8, 4) is 0 Å². The summed E-state index contributed by atoms with van der Waals surface area (Å²) >= 11 is 0. The van der Waals surface area contributed by atoms with E-state index in [-0.39, 0.29) is 0 Å². The number of carboxylic acid groups (broad SMARTS) is 2. The fourth-order valence-electron chi connectivity index (χ4n) is 0.143. The number of aliphatic hydroxyl groups is 3. The first-order chi connectivity index (χ1) is 6.19. The molecule has 0 saturated heterocycles. The monoisotopic (exact) mass is 209 g/mol. The van der Waals surface area contributed by atoms with Gasteiger partial charge in [-0.2, -0.15) is 0 Å². The molecule has 0 radical (unpaired) electrons. The second-order valence-electron chi connectivity index (χ2n) is 1.90. The first-order valence-electron chi connectivity index (χ1n) is 3.19. The normalized spacial score (nSPS) is 10.6. The third kappa shape index (κ3) is 22.4. The molecule has 0 fully saturated rings. The van der Waals surface area contributed by atoms with E-state index in [2.05, 4.69) is 0 Å². The van der Waals surface area contributed by atoms with Crippen LogP contribution in [-0.4, -0.2) is 50.6 Å². The van der Waals surface area contributed by atoms with Crippen molar-refractivity contribution in [2.75, 3.05) is 7.05 Å². The zero-order valence-corrected chi connectivity index (χ0v) is 7.21. The molecular formula is C6H11NO7. The van der Waals surface area contributed by atoms with E-state index < -0.39 is 18.0 Å². The van der Waals surface area contributed by atoms with Crippen molar-refractivity contribution in [2.45, 2.75) is 6.10 Å². The number of nitrogens with one attached hydrogen (secondary N) is 1. The van der Waals surface area contributed by atoms with Crippen LogP contribution < -0.4 is 5.32 Å². The van der Waals surface area contributed by atoms with Crippen molar-refractivity contribution in [2.24, 2.45) is 0 Å². The number of carboxylic acids is 2. The van der Waals surface area contributed by atoms with Crippen molar-refractivity contribution < 1.29 is 35.1 Å².